The fraction of sp³-hybridized carbons (Fsp3) is 0.263. The normalized spacial score (nSPS) is 11.2. The Morgan fingerprint density at radius 2 is 1.74 bits per heavy atom. The maximum atomic E-state index is 12.1. The molecule has 0 radical (unpaired) electrons. The monoisotopic (exact) mass is 390 g/mol. The Balaban J connectivity index is 1.85. The van der Waals surface area contributed by atoms with E-state index in [4.69, 9.17) is 4.74 Å². The standard InChI is InChI=1S/C19H22N2O5S/c1-21(2)27(24,25)17-10-6-9-16(13-17)19(23)26-14-18(22)20-12-11-15-7-4-3-5-8-15/h3-10,13H,11-12,14H2,1-2H3,(H,20,22). The van der Waals surface area contributed by atoms with Gasteiger partial charge in [0, 0.05) is 20.6 Å². The van der Waals surface area contributed by atoms with Crippen molar-refractivity contribution in [2.45, 2.75) is 11.3 Å². The van der Waals surface area contributed by atoms with Crippen LogP contribution in [0, 0.1) is 0 Å². The third-order valence-corrected chi connectivity index (χ3v) is 5.57. The average Bonchev–Trinajstić information content (AvgIpc) is 2.67. The summed E-state index contributed by atoms with van der Waals surface area (Å²) in [7, 11) is -0.851. The van der Waals surface area contributed by atoms with Gasteiger partial charge in [-0.2, -0.15) is 0 Å². The van der Waals surface area contributed by atoms with E-state index in [9.17, 15) is 18.0 Å². The third-order valence-electron chi connectivity index (χ3n) is 3.76. The van der Waals surface area contributed by atoms with Crippen molar-refractivity contribution >= 4 is 21.9 Å². The molecule has 2 rings (SSSR count). The van der Waals surface area contributed by atoms with E-state index >= 15 is 0 Å². The van der Waals surface area contributed by atoms with E-state index in [1.165, 1.54) is 38.4 Å². The fourth-order valence-electron chi connectivity index (χ4n) is 2.25. The number of hydrogen-bond donors (Lipinski definition) is 1. The predicted octanol–water partition coefficient (Wildman–Crippen LogP) is 1.45. The summed E-state index contributed by atoms with van der Waals surface area (Å²) in [5, 5.41) is 2.67. The van der Waals surface area contributed by atoms with Gasteiger partial charge >= 0.3 is 5.97 Å². The van der Waals surface area contributed by atoms with E-state index in [1.807, 2.05) is 30.3 Å². The number of nitrogens with zero attached hydrogens (tertiary/aromatic N) is 1. The summed E-state index contributed by atoms with van der Waals surface area (Å²) < 4.78 is 30.3. The molecule has 0 saturated carbocycles. The average molecular weight is 390 g/mol. The van der Waals surface area contributed by atoms with Crippen molar-refractivity contribution in [1.82, 2.24) is 9.62 Å². The van der Waals surface area contributed by atoms with E-state index in [-0.39, 0.29) is 10.5 Å². The lowest BCUT2D eigenvalue weighted by atomic mass is 10.1. The Morgan fingerprint density at radius 1 is 1.04 bits per heavy atom. The molecule has 0 aliphatic rings. The summed E-state index contributed by atoms with van der Waals surface area (Å²) >= 11 is 0. The summed E-state index contributed by atoms with van der Waals surface area (Å²) in [4.78, 5) is 23.9. The summed E-state index contributed by atoms with van der Waals surface area (Å²) in [5.41, 5.74) is 1.16. The maximum absolute atomic E-state index is 12.1. The van der Waals surface area contributed by atoms with E-state index < -0.39 is 28.5 Å². The Kier molecular flexibility index (Phi) is 7.09. The lowest BCUT2D eigenvalue weighted by Gasteiger charge is -2.12. The molecule has 0 aliphatic carbocycles. The van der Waals surface area contributed by atoms with Gasteiger partial charge in [-0.3, -0.25) is 4.79 Å². The number of nitrogens with one attached hydrogen (secondary N) is 1. The minimum absolute atomic E-state index is 0.0192. The van der Waals surface area contributed by atoms with Crippen molar-refractivity contribution in [3.63, 3.8) is 0 Å². The highest BCUT2D eigenvalue weighted by Crippen LogP contribution is 2.15. The maximum Gasteiger partial charge on any atom is 0.338 e. The molecule has 1 amide bonds. The molecule has 0 fully saturated rings. The van der Waals surface area contributed by atoms with Crippen molar-refractivity contribution < 1.29 is 22.7 Å². The van der Waals surface area contributed by atoms with Crippen molar-refractivity contribution in [3.05, 3.63) is 65.7 Å². The number of esters is 1. The number of hydrogen-bond acceptors (Lipinski definition) is 5. The Bertz CT molecular complexity index is 895. The van der Waals surface area contributed by atoms with Crippen molar-refractivity contribution in [2.24, 2.45) is 0 Å². The van der Waals surface area contributed by atoms with Crippen LogP contribution in [0.2, 0.25) is 0 Å². The molecule has 27 heavy (non-hydrogen) atoms. The molecule has 2 aromatic rings. The second-order valence-electron chi connectivity index (χ2n) is 5.98. The highest BCUT2D eigenvalue weighted by Gasteiger charge is 2.19. The van der Waals surface area contributed by atoms with Crippen LogP contribution in [-0.2, 0) is 26.0 Å². The molecule has 0 heterocycles. The summed E-state index contributed by atoms with van der Waals surface area (Å²) in [5.74, 6) is -1.18. The first-order chi connectivity index (χ1) is 12.8. The zero-order valence-electron chi connectivity index (χ0n) is 15.2. The van der Waals surface area contributed by atoms with E-state index in [2.05, 4.69) is 5.32 Å². The molecule has 0 unspecified atom stereocenters. The van der Waals surface area contributed by atoms with Gasteiger partial charge in [0.2, 0.25) is 10.0 Å². The number of carbonyl (C=O) groups excluding carboxylic acids is 2. The van der Waals surface area contributed by atoms with Crippen LogP contribution in [-0.4, -0.2) is 51.8 Å². The minimum atomic E-state index is -3.66. The molecule has 0 bridgehead atoms. The van der Waals surface area contributed by atoms with Gasteiger partial charge in [0.05, 0.1) is 10.5 Å². The first-order valence-corrected chi connectivity index (χ1v) is 9.75. The van der Waals surface area contributed by atoms with E-state index in [0.29, 0.717) is 13.0 Å². The molecule has 7 nitrogen and oxygen atoms in total. The largest absolute Gasteiger partial charge is 0.452 e. The van der Waals surface area contributed by atoms with Crippen molar-refractivity contribution in [2.75, 3.05) is 27.2 Å². The highest BCUT2D eigenvalue weighted by atomic mass is 32.2. The van der Waals surface area contributed by atoms with Gasteiger partial charge in [-0.15, -0.1) is 0 Å². The number of ether oxygens (including phenoxy) is 1. The van der Waals surface area contributed by atoms with Gasteiger partial charge in [-0.25, -0.2) is 17.5 Å². The van der Waals surface area contributed by atoms with Crippen LogP contribution in [0.1, 0.15) is 15.9 Å². The lowest BCUT2D eigenvalue weighted by molar-refractivity contribution is -0.124. The molecule has 2 aromatic carbocycles. The predicted molar refractivity (Wildman–Crippen MR) is 101 cm³/mol. The second-order valence-corrected chi connectivity index (χ2v) is 8.13. The van der Waals surface area contributed by atoms with Gasteiger partial charge in [0.1, 0.15) is 0 Å². The first-order valence-electron chi connectivity index (χ1n) is 8.31. The van der Waals surface area contributed by atoms with Gasteiger partial charge < -0.3 is 10.1 Å². The summed E-state index contributed by atoms with van der Waals surface area (Å²) in [6.07, 6.45) is 0.672. The van der Waals surface area contributed by atoms with Gasteiger partial charge in [0.25, 0.3) is 5.91 Å². The van der Waals surface area contributed by atoms with Crippen molar-refractivity contribution in [3.8, 4) is 0 Å². The minimum Gasteiger partial charge on any atom is -0.452 e. The first kappa shape index (κ1) is 20.6. The van der Waals surface area contributed by atoms with E-state index in [0.717, 1.165) is 9.87 Å². The molecule has 1 N–H and O–H groups in total. The van der Waals surface area contributed by atoms with Crippen LogP contribution in [0.5, 0.6) is 0 Å². The number of carbonyl (C=O) groups is 2. The molecule has 0 aliphatic heterocycles. The highest BCUT2D eigenvalue weighted by molar-refractivity contribution is 7.89. The van der Waals surface area contributed by atoms with E-state index in [1.54, 1.807) is 0 Å². The van der Waals surface area contributed by atoms with Crippen LogP contribution in [0.15, 0.2) is 59.5 Å². The third kappa shape index (κ3) is 5.90. The van der Waals surface area contributed by atoms with Crippen LogP contribution in [0.25, 0.3) is 0 Å². The lowest BCUT2D eigenvalue weighted by Crippen LogP contribution is -2.30. The number of sulfonamides is 1. The zero-order valence-corrected chi connectivity index (χ0v) is 16.0. The fourth-order valence-corrected chi connectivity index (χ4v) is 3.20. The van der Waals surface area contributed by atoms with Crippen LogP contribution in [0.3, 0.4) is 0 Å². The molecular formula is C19H22N2O5S. The SMILES string of the molecule is CN(C)S(=O)(=O)c1cccc(C(=O)OCC(=O)NCCc2ccccc2)c1. The van der Waals surface area contributed by atoms with Gasteiger partial charge in [-0.05, 0) is 30.2 Å². The Labute approximate surface area is 159 Å². The second kappa shape index (κ2) is 9.29. The van der Waals surface area contributed by atoms with Crippen molar-refractivity contribution in [1.29, 1.82) is 0 Å². The molecule has 0 atom stereocenters. The quantitative estimate of drug-likeness (QED) is 0.689. The van der Waals surface area contributed by atoms with Crippen LogP contribution in [0.4, 0.5) is 0 Å². The summed E-state index contributed by atoms with van der Waals surface area (Å²) in [6, 6.07) is 15.2. The Morgan fingerprint density at radius 3 is 2.41 bits per heavy atom. The molecule has 0 spiro atoms. The number of rotatable bonds is 8. The zero-order chi connectivity index (χ0) is 19.9. The van der Waals surface area contributed by atoms with Crippen LogP contribution >= 0.6 is 0 Å². The number of benzene rings is 2. The van der Waals surface area contributed by atoms with Gasteiger partial charge in [0.15, 0.2) is 6.61 Å². The van der Waals surface area contributed by atoms with Gasteiger partial charge in [-0.1, -0.05) is 36.4 Å². The van der Waals surface area contributed by atoms with Crippen LogP contribution < -0.4 is 5.32 Å². The molecule has 0 aromatic heterocycles. The molecular weight excluding hydrogens is 368 g/mol. The molecule has 8 heteroatoms. The topological polar surface area (TPSA) is 92.8 Å². The number of amides is 1. The Hall–Kier alpha value is -2.71. The smallest absolute Gasteiger partial charge is 0.338 e. The molecule has 144 valence electrons. The summed E-state index contributed by atoms with van der Waals surface area (Å²) in [6.45, 7) is -0.00472. The molecule has 0 saturated heterocycles.